The van der Waals surface area contributed by atoms with Gasteiger partial charge in [-0.05, 0) is 37.6 Å². The number of hydrogen-bond donors (Lipinski definition) is 1. The highest BCUT2D eigenvalue weighted by Crippen LogP contribution is 2.22. The molecule has 1 N–H and O–H groups in total. The van der Waals surface area contributed by atoms with Crippen LogP contribution in [-0.2, 0) is 11.2 Å². The molecule has 0 aliphatic rings. The lowest BCUT2D eigenvalue weighted by Gasteiger charge is -2.04. The zero-order valence-corrected chi connectivity index (χ0v) is 13.5. The quantitative estimate of drug-likeness (QED) is 0.780. The van der Waals surface area contributed by atoms with Gasteiger partial charge in [-0.15, -0.1) is 11.3 Å². The molecular weight excluding hydrogens is 308 g/mol. The van der Waals surface area contributed by atoms with E-state index in [9.17, 15) is 4.79 Å². The minimum atomic E-state index is -0.0250. The van der Waals surface area contributed by atoms with Gasteiger partial charge in [-0.2, -0.15) is 0 Å². The molecule has 0 aromatic carbocycles. The number of aryl methyl sites for hydroxylation is 2. The van der Waals surface area contributed by atoms with Gasteiger partial charge in [0.15, 0.2) is 0 Å². The third-order valence-corrected chi connectivity index (χ3v) is 4.14. The van der Waals surface area contributed by atoms with Gasteiger partial charge in [0.2, 0.25) is 5.91 Å². The molecule has 0 atom stereocenters. The van der Waals surface area contributed by atoms with Gasteiger partial charge >= 0.3 is 0 Å². The minimum Gasteiger partial charge on any atom is -0.326 e. The monoisotopic (exact) mass is 324 g/mol. The lowest BCUT2D eigenvalue weighted by Crippen LogP contribution is -2.12. The Kier molecular flexibility index (Phi) is 4.73. The number of carbonyl (C=O) groups excluding carboxylic acids is 1. The van der Waals surface area contributed by atoms with Crippen molar-refractivity contribution in [3.63, 3.8) is 0 Å². The molecule has 3 aromatic rings. The molecule has 116 valence electrons. The number of pyridine rings is 2. The van der Waals surface area contributed by atoms with E-state index in [2.05, 4.69) is 20.3 Å². The Morgan fingerprint density at radius 3 is 2.91 bits per heavy atom. The number of nitrogens with zero attached hydrogens (tertiary/aromatic N) is 3. The summed E-state index contributed by atoms with van der Waals surface area (Å²) in [6.45, 7) is 1.89. The predicted molar refractivity (Wildman–Crippen MR) is 91.3 cm³/mol. The summed E-state index contributed by atoms with van der Waals surface area (Å²) in [5, 5.41) is 5.74. The summed E-state index contributed by atoms with van der Waals surface area (Å²) in [5.74, 6) is -0.0250. The summed E-state index contributed by atoms with van der Waals surface area (Å²) in [6.07, 6.45) is 4.44. The third kappa shape index (κ3) is 4.20. The van der Waals surface area contributed by atoms with E-state index in [0.29, 0.717) is 12.8 Å². The molecule has 6 heteroatoms. The van der Waals surface area contributed by atoms with Crippen molar-refractivity contribution in [2.75, 3.05) is 5.32 Å². The second-order valence-electron chi connectivity index (χ2n) is 5.09. The standard InChI is InChI=1S/C17H16N4OS/c1-12-10-13(7-9-18-12)20-16(22)6-5-14-11-23-17(21-14)15-4-2-3-8-19-15/h2-4,7-11H,5-6H2,1H3,(H,18,20,22). The van der Waals surface area contributed by atoms with Crippen molar-refractivity contribution < 1.29 is 4.79 Å². The number of amides is 1. The molecule has 3 rings (SSSR count). The first kappa shape index (κ1) is 15.3. The van der Waals surface area contributed by atoms with Crippen LogP contribution in [0.3, 0.4) is 0 Å². The highest BCUT2D eigenvalue weighted by molar-refractivity contribution is 7.13. The van der Waals surface area contributed by atoms with Crippen molar-refractivity contribution in [3.8, 4) is 10.7 Å². The van der Waals surface area contributed by atoms with E-state index in [-0.39, 0.29) is 5.91 Å². The maximum absolute atomic E-state index is 12.0. The summed E-state index contributed by atoms with van der Waals surface area (Å²) < 4.78 is 0. The Bertz CT molecular complexity index is 801. The summed E-state index contributed by atoms with van der Waals surface area (Å²) in [5.41, 5.74) is 3.43. The maximum Gasteiger partial charge on any atom is 0.224 e. The largest absolute Gasteiger partial charge is 0.326 e. The Morgan fingerprint density at radius 2 is 2.13 bits per heavy atom. The molecular formula is C17H16N4OS. The van der Waals surface area contributed by atoms with Crippen LogP contribution in [0.25, 0.3) is 10.7 Å². The van der Waals surface area contributed by atoms with Crippen molar-refractivity contribution >= 4 is 22.9 Å². The van der Waals surface area contributed by atoms with Crippen LogP contribution in [0.2, 0.25) is 0 Å². The Balaban J connectivity index is 1.56. The number of thiazole rings is 1. The predicted octanol–water partition coefficient (Wildman–Crippen LogP) is 3.48. The van der Waals surface area contributed by atoms with E-state index in [1.807, 2.05) is 36.6 Å². The number of nitrogens with one attached hydrogen (secondary N) is 1. The van der Waals surface area contributed by atoms with Crippen molar-refractivity contribution in [2.45, 2.75) is 19.8 Å². The van der Waals surface area contributed by atoms with Crippen LogP contribution < -0.4 is 5.32 Å². The maximum atomic E-state index is 12.0. The van der Waals surface area contributed by atoms with Gasteiger partial charge in [-0.25, -0.2) is 4.98 Å². The molecule has 0 radical (unpaired) electrons. The highest BCUT2D eigenvalue weighted by Gasteiger charge is 2.08. The zero-order chi connectivity index (χ0) is 16.1. The Labute approximate surface area is 138 Å². The fraction of sp³-hybridized carbons (Fsp3) is 0.176. The van der Waals surface area contributed by atoms with E-state index < -0.39 is 0 Å². The van der Waals surface area contributed by atoms with Gasteiger partial charge in [-0.3, -0.25) is 14.8 Å². The van der Waals surface area contributed by atoms with Crippen molar-refractivity contribution in [1.29, 1.82) is 0 Å². The van der Waals surface area contributed by atoms with Crippen LogP contribution >= 0.6 is 11.3 Å². The van der Waals surface area contributed by atoms with Crippen LogP contribution in [0.4, 0.5) is 5.69 Å². The second-order valence-corrected chi connectivity index (χ2v) is 5.95. The molecule has 5 nitrogen and oxygen atoms in total. The molecule has 23 heavy (non-hydrogen) atoms. The van der Waals surface area contributed by atoms with E-state index in [1.54, 1.807) is 29.8 Å². The van der Waals surface area contributed by atoms with Crippen LogP contribution in [0.1, 0.15) is 17.8 Å². The van der Waals surface area contributed by atoms with E-state index in [4.69, 9.17) is 0 Å². The highest BCUT2D eigenvalue weighted by atomic mass is 32.1. The summed E-state index contributed by atoms with van der Waals surface area (Å²) in [7, 11) is 0. The number of anilines is 1. The molecule has 0 spiro atoms. The lowest BCUT2D eigenvalue weighted by molar-refractivity contribution is -0.116. The van der Waals surface area contributed by atoms with E-state index in [0.717, 1.165) is 27.8 Å². The van der Waals surface area contributed by atoms with E-state index in [1.165, 1.54) is 0 Å². The Morgan fingerprint density at radius 1 is 1.22 bits per heavy atom. The fourth-order valence-corrected chi connectivity index (χ4v) is 2.95. The van der Waals surface area contributed by atoms with E-state index >= 15 is 0 Å². The topological polar surface area (TPSA) is 67.8 Å². The molecule has 0 unspecified atom stereocenters. The van der Waals surface area contributed by atoms with Crippen LogP contribution in [0, 0.1) is 6.92 Å². The summed E-state index contributed by atoms with van der Waals surface area (Å²) in [6, 6.07) is 9.38. The first-order valence-electron chi connectivity index (χ1n) is 7.29. The van der Waals surface area contributed by atoms with Crippen molar-refractivity contribution in [1.82, 2.24) is 15.0 Å². The van der Waals surface area contributed by atoms with Crippen molar-refractivity contribution in [2.24, 2.45) is 0 Å². The molecule has 0 bridgehead atoms. The number of aromatic nitrogens is 3. The molecule has 3 aromatic heterocycles. The molecule has 3 heterocycles. The minimum absolute atomic E-state index is 0.0250. The van der Waals surface area contributed by atoms with Gasteiger partial charge in [0.1, 0.15) is 5.01 Å². The van der Waals surface area contributed by atoms with Crippen molar-refractivity contribution in [3.05, 3.63) is 59.5 Å². The first-order valence-corrected chi connectivity index (χ1v) is 8.17. The van der Waals surface area contributed by atoms with Crippen LogP contribution in [-0.4, -0.2) is 20.9 Å². The van der Waals surface area contributed by atoms with Gasteiger partial charge in [0.05, 0.1) is 11.4 Å². The summed E-state index contributed by atoms with van der Waals surface area (Å²) in [4.78, 5) is 24.9. The average Bonchev–Trinajstić information content (AvgIpc) is 3.03. The lowest BCUT2D eigenvalue weighted by atomic mass is 10.2. The molecule has 0 aliphatic heterocycles. The van der Waals surface area contributed by atoms with Gasteiger partial charge in [-0.1, -0.05) is 6.07 Å². The fourth-order valence-electron chi connectivity index (χ4n) is 2.12. The van der Waals surface area contributed by atoms with Gasteiger partial charge in [0.25, 0.3) is 0 Å². The molecule has 0 aliphatic carbocycles. The van der Waals surface area contributed by atoms with Crippen LogP contribution in [0.15, 0.2) is 48.1 Å². The van der Waals surface area contributed by atoms with Gasteiger partial charge < -0.3 is 5.32 Å². The molecule has 0 fully saturated rings. The normalized spacial score (nSPS) is 10.5. The SMILES string of the molecule is Cc1cc(NC(=O)CCc2csc(-c3ccccn3)n2)ccn1. The number of carbonyl (C=O) groups is 1. The molecule has 1 amide bonds. The smallest absolute Gasteiger partial charge is 0.224 e. The average molecular weight is 324 g/mol. The second kappa shape index (κ2) is 7.11. The first-order chi connectivity index (χ1) is 11.2. The molecule has 0 saturated carbocycles. The van der Waals surface area contributed by atoms with Gasteiger partial charge in [0, 0.05) is 35.6 Å². The zero-order valence-electron chi connectivity index (χ0n) is 12.7. The summed E-state index contributed by atoms with van der Waals surface area (Å²) >= 11 is 1.55. The number of hydrogen-bond acceptors (Lipinski definition) is 5. The molecule has 0 saturated heterocycles. The third-order valence-electron chi connectivity index (χ3n) is 3.22. The van der Waals surface area contributed by atoms with Crippen LogP contribution in [0.5, 0.6) is 0 Å². The number of rotatable bonds is 5. The Hall–Kier alpha value is -2.60.